The van der Waals surface area contributed by atoms with E-state index in [4.69, 9.17) is 4.74 Å². The molecule has 0 saturated heterocycles. The van der Waals surface area contributed by atoms with Crippen LogP contribution < -0.4 is 4.74 Å². The zero-order valence-electron chi connectivity index (χ0n) is 12.8. The molecule has 0 bridgehead atoms. The topological polar surface area (TPSA) is 68.6 Å². The lowest BCUT2D eigenvalue weighted by atomic mass is 10.2. The van der Waals surface area contributed by atoms with Gasteiger partial charge >= 0.3 is 0 Å². The van der Waals surface area contributed by atoms with Crippen molar-refractivity contribution in [1.29, 1.82) is 0 Å². The second kappa shape index (κ2) is 5.24. The van der Waals surface area contributed by atoms with Gasteiger partial charge in [-0.05, 0) is 43.3 Å². The predicted molar refractivity (Wildman–Crippen MR) is 87.7 cm³/mol. The summed E-state index contributed by atoms with van der Waals surface area (Å²) >= 11 is 0. The van der Waals surface area contributed by atoms with Crippen molar-refractivity contribution in [2.45, 2.75) is 6.92 Å². The van der Waals surface area contributed by atoms with E-state index in [9.17, 15) is 0 Å². The minimum atomic E-state index is 0.696. The smallest absolute Gasteiger partial charge is 0.181 e. The number of ether oxygens (including phenoxy) is 1. The molecule has 0 aliphatic heterocycles. The molecule has 114 valence electrons. The SMILES string of the molecule is COc1ccc2[nH]c(-c3nc(C)nn3-c3ccccn3)cc2c1. The minimum absolute atomic E-state index is 0.696. The van der Waals surface area contributed by atoms with E-state index in [2.05, 4.69) is 20.1 Å². The standard InChI is InChI=1S/C17H15N5O/c1-11-19-17(22(21-11)16-5-3-4-8-18-16)15-10-12-9-13(23-2)6-7-14(12)20-15/h3-10,20H,1-2H3. The maximum atomic E-state index is 5.28. The summed E-state index contributed by atoms with van der Waals surface area (Å²) in [7, 11) is 1.66. The lowest BCUT2D eigenvalue weighted by Crippen LogP contribution is -2.01. The third kappa shape index (κ3) is 2.34. The van der Waals surface area contributed by atoms with Crippen LogP contribution in [0.2, 0.25) is 0 Å². The number of nitrogens with one attached hydrogen (secondary N) is 1. The summed E-state index contributed by atoms with van der Waals surface area (Å²) in [4.78, 5) is 12.3. The van der Waals surface area contributed by atoms with Gasteiger partial charge in [0.25, 0.3) is 0 Å². The second-order valence-electron chi connectivity index (χ2n) is 5.22. The minimum Gasteiger partial charge on any atom is -0.497 e. The average molecular weight is 305 g/mol. The number of hydrogen-bond acceptors (Lipinski definition) is 4. The van der Waals surface area contributed by atoms with Gasteiger partial charge in [-0.15, -0.1) is 5.10 Å². The lowest BCUT2D eigenvalue weighted by molar-refractivity contribution is 0.415. The van der Waals surface area contributed by atoms with Crippen molar-refractivity contribution in [2.75, 3.05) is 7.11 Å². The average Bonchev–Trinajstić information content (AvgIpc) is 3.18. The van der Waals surface area contributed by atoms with Crippen molar-refractivity contribution in [3.8, 4) is 23.1 Å². The molecule has 0 atom stereocenters. The monoisotopic (exact) mass is 305 g/mol. The zero-order valence-corrected chi connectivity index (χ0v) is 12.8. The normalized spacial score (nSPS) is 11.0. The summed E-state index contributed by atoms with van der Waals surface area (Å²) in [6.45, 7) is 1.87. The molecule has 1 N–H and O–H groups in total. The molecule has 0 unspecified atom stereocenters. The highest BCUT2D eigenvalue weighted by Gasteiger charge is 2.14. The summed E-state index contributed by atoms with van der Waals surface area (Å²) in [6, 6.07) is 13.7. The number of pyridine rings is 1. The van der Waals surface area contributed by atoms with Crippen molar-refractivity contribution in [1.82, 2.24) is 24.7 Å². The van der Waals surface area contributed by atoms with Gasteiger partial charge in [0.1, 0.15) is 11.6 Å². The molecule has 3 aromatic heterocycles. The molecule has 0 saturated carbocycles. The highest BCUT2D eigenvalue weighted by atomic mass is 16.5. The van der Waals surface area contributed by atoms with E-state index in [0.717, 1.165) is 34.0 Å². The molecule has 6 nitrogen and oxygen atoms in total. The van der Waals surface area contributed by atoms with E-state index in [1.54, 1.807) is 18.0 Å². The van der Waals surface area contributed by atoms with Crippen LogP contribution in [-0.2, 0) is 0 Å². The summed E-state index contributed by atoms with van der Waals surface area (Å²) in [5.74, 6) is 2.99. The van der Waals surface area contributed by atoms with Crippen LogP contribution in [-0.4, -0.2) is 31.8 Å². The van der Waals surface area contributed by atoms with Crippen molar-refractivity contribution >= 4 is 10.9 Å². The summed E-state index contributed by atoms with van der Waals surface area (Å²) in [5.41, 5.74) is 1.91. The Balaban J connectivity index is 1.88. The van der Waals surface area contributed by atoms with Crippen molar-refractivity contribution < 1.29 is 4.74 Å². The van der Waals surface area contributed by atoms with Crippen molar-refractivity contribution in [2.24, 2.45) is 0 Å². The first-order valence-corrected chi connectivity index (χ1v) is 7.27. The number of benzene rings is 1. The molecule has 1 aromatic carbocycles. The Bertz CT molecular complexity index is 971. The Morgan fingerprint density at radius 2 is 2.04 bits per heavy atom. The molecule has 0 spiro atoms. The van der Waals surface area contributed by atoms with Crippen LogP contribution in [0.1, 0.15) is 5.82 Å². The number of methoxy groups -OCH3 is 1. The zero-order chi connectivity index (χ0) is 15.8. The van der Waals surface area contributed by atoms with Gasteiger partial charge in [0.15, 0.2) is 11.6 Å². The number of fused-ring (bicyclic) bond motifs is 1. The van der Waals surface area contributed by atoms with E-state index in [1.165, 1.54) is 0 Å². The van der Waals surface area contributed by atoms with Crippen LogP contribution in [0.15, 0.2) is 48.7 Å². The molecule has 3 heterocycles. The van der Waals surface area contributed by atoms with E-state index in [1.807, 2.05) is 49.4 Å². The van der Waals surface area contributed by atoms with Crippen LogP contribution in [0.5, 0.6) is 5.75 Å². The Labute approximate surface area is 132 Å². The summed E-state index contributed by atoms with van der Waals surface area (Å²) < 4.78 is 7.02. The van der Waals surface area contributed by atoms with Gasteiger partial charge in [0, 0.05) is 17.1 Å². The fraction of sp³-hybridized carbons (Fsp3) is 0.118. The van der Waals surface area contributed by atoms with Crippen LogP contribution in [0.3, 0.4) is 0 Å². The molecular weight excluding hydrogens is 290 g/mol. The molecular formula is C17H15N5O. The van der Waals surface area contributed by atoms with E-state index < -0.39 is 0 Å². The third-order valence-electron chi connectivity index (χ3n) is 3.65. The molecule has 0 aliphatic carbocycles. The van der Waals surface area contributed by atoms with Crippen LogP contribution in [0.25, 0.3) is 28.2 Å². The predicted octanol–water partition coefficient (Wildman–Crippen LogP) is 3.13. The fourth-order valence-electron chi connectivity index (χ4n) is 2.59. The number of rotatable bonds is 3. The highest BCUT2D eigenvalue weighted by molar-refractivity contribution is 5.86. The quantitative estimate of drug-likeness (QED) is 0.631. The third-order valence-corrected chi connectivity index (χ3v) is 3.65. The largest absolute Gasteiger partial charge is 0.497 e. The van der Waals surface area contributed by atoms with Gasteiger partial charge in [-0.25, -0.2) is 9.97 Å². The highest BCUT2D eigenvalue weighted by Crippen LogP contribution is 2.27. The fourth-order valence-corrected chi connectivity index (χ4v) is 2.59. The molecule has 4 rings (SSSR count). The van der Waals surface area contributed by atoms with Crippen LogP contribution in [0, 0.1) is 6.92 Å². The molecule has 4 aromatic rings. The Kier molecular flexibility index (Phi) is 3.08. The van der Waals surface area contributed by atoms with Gasteiger partial charge in [0.05, 0.1) is 12.8 Å². The van der Waals surface area contributed by atoms with Gasteiger partial charge in [-0.1, -0.05) is 6.07 Å². The molecule has 0 amide bonds. The van der Waals surface area contributed by atoms with E-state index >= 15 is 0 Å². The summed E-state index contributed by atoms with van der Waals surface area (Å²) in [6.07, 6.45) is 1.74. The number of aromatic amines is 1. The first-order valence-electron chi connectivity index (χ1n) is 7.27. The molecule has 0 radical (unpaired) electrons. The van der Waals surface area contributed by atoms with Gasteiger partial charge in [-0.2, -0.15) is 4.68 Å². The molecule has 0 fully saturated rings. The van der Waals surface area contributed by atoms with Crippen LogP contribution >= 0.6 is 0 Å². The molecule has 23 heavy (non-hydrogen) atoms. The van der Waals surface area contributed by atoms with Gasteiger partial charge in [0.2, 0.25) is 0 Å². The van der Waals surface area contributed by atoms with E-state index in [-0.39, 0.29) is 0 Å². The number of aromatic nitrogens is 5. The number of H-pyrrole nitrogens is 1. The molecule has 6 heteroatoms. The Morgan fingerprint density at radius 1 is 1.13 bits per heavy atom. The van der Waals surface area contributed by atoms with Crippen molar-refractivity contribution in [3.05, 3.63) is 54.5 Å². The summed E-state index contributed by atoms with van der Waals surface area (Å²) in [5, 5.41) is 5.52. The Hall–Kier alpha value is -3.15. The van der Waals surface area contributed by atoms with Crippen LogP contribution in [0.4, 0.5) is 0 Å². The van der Waals surface area contributed by atoms with E-state index in [0.29, 0.717) is 5.82 Å². The number of nitrogens with zero attached hydrogens (tertiary/aromatic N) is 4. The second-order valence-corrected chi connectivity index (χ2v) is 5.22. The maximum Gasteiger partial charge on any atom is 0.181 e. The van der Waals surface area contributed by atoms with Gasteiger partial charge in [-0.3, -0.25) is 0 Å². The maximum absolute atomic E-state index is 5.28. The van der Waals surface area contributed by atoms with Gasteiger partial charge < -0.3 is 9.72 Å². The number of hydrogen-bond donors (Lipinski definition) is 1. The number of aryl methyl sites for hydroxylation is 1. The lowest BCUT2D eigenvalue weighted by Gasteiger charge is -2.02. The Morgan fingerprint density at radius 3 is 2.83 bits per heavy atom. The van der Waals surface area contributed by atoms with Crippen molar-refractivity contribution in [3.63, 3.8) is 0 Å². The first-order chi connectivity index (χ1) is 11.2. The molecule has 0 aliphatic rings. The first kappa shape index (κ1) is 13.5.